The quantitative estimate of drug-likeness (QED) is 0.383. The first-order chi connectivity index (χ1) is 16.8. The summed E-state index contributed by atoms with van der Waals surface area (Å²) in [6.45, 7) is 8.56. The van der Waals surface area contributed by atoms with E-state index in [1.807, 2.05) is 116 Å². The number of fused-ring (bicyclic) bond motifs is 1. The maximum atomic E-state index is 13.6. The van der Waals surface area contributed by atoms with Gasteiger partial charge in [-0.2, -0.15) is 0 Å². The fraction of sp³-hybridized carbons (Fsp3) is 0.276. The van der Waals surface area contributed by atoms with Crippen LogP contribution in [-0.4, -0.2) is 32.3 Å². The molecule has 3 aromatic carbocycles. The van der Waals surface area contributed by atoms with Gasteiger partial charge in [-0.25, -0.2) is 4.98 Å². The molecular weight excluding hydrogens is 436 g/mol. The minimum atomic E-state index is -0.385. The van der Waals surface area contributed by atoms with E-state index in [0.29, 0.717) is 17.9 Å². The van der Waals surface area contributed by atoms with Crippen molar-refractivity contribution in [2.24, 2.45) is 0 Å². The Labute approximate surface area is 206 Å². The van der Waals surface area contributed by atoms with Crippen molar-refractivity contribution in [3.63, 3.8) is 0 Å². The highest BCUT2D eigenvalue weighted by molar-refractivity contribution is 5.95. The molecule has 0 radical (unpaired) electrons. The van der Waals surface area contributed by atoms with Crippen LogP contribution in [0.15, 0.2) is 78.9 Å². The van der Waals surface area contributed by atoms with Crippen LogP contribution < -0.4 is 5.32 Å². The van der Waals surface area contributed by atoms with Gasteiger partial charge in [0.2, 0.25) is 5.91 Å². The van der Waals surface area contributed by atoms with E-state index < -0.39 is 0 Å². The van der Waals surface area contributed by atoms with Crippen LogP contribution in [0.5, 0.6) is 0 Å². The van der Waals surface area contributed by atoms with Gasteiger partial charge in [0.25, 0.3) is 5.91 Å². The van der Waals surface area contributed by atoms with Crippen LogP contribution in [0.25, 0.3) is 11.0 Å². The van der Waals surface area contributed by atoms with Crippen LogP contribution in [0.2, 0.25) is 0 Å². The molecule has 6 heteroatoms. The molecule has 0 aliphatic rings. The molecule has 180 valence electrons. The van der Waals surface area contributed by atoms with Crippen LogP contribution in [0.4, 0.5) is 0 Å². The Morgan fingerprint density at radius 1 is 0.914 bits per heavy atom. The second-order valence-electron chi connectivity index (χ2n) is 9.16. The number of rotatable bonds is 8. The summed E-state index contributed by atoms with van der Waals surface area (Å²) in [6, 6.07) is 24.9. The van der Waals surface area contributed by atoms with Gasteiger partial charge in [-0.05, 0) is 57.0 Å². The number of aryl methyl sites for hydroxylation is 1. The molecule has 0 saturated heterocycles. The summed E-state index contributed by atoms with van der Waals surface area (Å²) in [5.41, 5.74) is 4.30. The third-order valence-electron chi connectivity index (χ3n) is 6.24. The van der Waals surface area contributed by atoms with Gasteiger partial charge in [0.05, 0.1) is 17.1 Å². The molecule has 0 bridgehead atoms. The summed E-state index contributed by atoms with van der Waals surface area (Å²) in [5, 5.41) is 3.07. The van der Waals surface area contributed by atoms with Gasteiger partial charge in [-0.15, -0.1) is 0 Å². The predicted octanol–water partition coefficient (Wildman–Crippen LogP) is 5.27. The molecule has 4 aromatic rings. The molecule has 1 N–H and O–H groups in total. The van der Waals surface area contributed by atoms with E-state index in [0.717, 1.165) is 22.2 Å². The van der Waals surface area contributed by atoms with E-state index in [9.17, 15) is 9.59 Å². The first-order valence-corrected chi connectivity index (χ1v) is 12.0. The molecule has 4 rings (SSSR count). The van der Waals surface area contributed by atoms with E-state index in [-0.39, 0.29) is 30.4 Å². The molecule has 1 heterocycles. The Morgan fingerprint density at radius 2 is 1.57 bits per heavy atom. The van der Waals surface area contributed by atoms with Crippen molar-refractivity contribution in [2.75, 3.05) is 0 Å². The topological polar surface area (TPSA) is 67.2 Å². The fourth-order valence-corrected chi connectivity index (χ4v) is 4.32. The molecule has 0 spiro atoms. The molecule has 0 aliphatic carbocycles. The van der Waals surface area contributed by atoms with Gasteiger partial charge in [-0.3, -0.25) is 9.59 Å². The van der Waals surface area contributed by atoms with Crippen molar-refractivity contribution in [1.82, 2.24) is 19.8 Å². The molecule has 0 saturated carbocycles. The highest BCUT2D eigenvalue weighted by Crippen LogP contribution is 2.22. The lowest BCUT2D eigenvalue weighted by atomic mass is 10.1. The van der Waals surface area contributed by atoms with Crippen molar-refractivity contribution in [1.29, 1.82) is 0 Å². The molecule has 1 aromatic heterocycles. The number of nitrogens with zero attached hydrogens (tertiary/aromatic N) is 3. The zero-order valence-corrected chi connectivity index (χ0v) is 20.7. The molecule has 0 aliphatic heterocycles. The standard InChI is InChI=1S/C29H32N4O2/c1-20(2)32(18-23-13-6-5-7-14-23)27(34)19-33-26-17-11-10-16-25(26)31-28(33)22(4)30-29(35)24-15-9-8-12-21(24)3/h5-17,20,22H,18-19H2,1-4H3,(H,30,35). The largest absolute Gasteiger partial charge is 0.342 e. The summed E-state index contributed by atoms with van der Waals surface area (Å²) in [4.78, 5) is 33.2. The van der Waals surface area contributed by atoms with Gasteiger partial charge in [0.15, 0.2) is 0 Å². The molecule has 35 heavy (non-hydrogen) atoms. The first-order valence-electron chi connectivity index (χ1n) is 12.0. The Morgan fingerprint density at radius 3 is 2.29 bits per heavy atom. The van der Waals surface area contributed by atoms with Crippen LogP contribution in [-0.2, 0) is 17.9 Å². The van der Waals surface area contributed by atoms with Crippen molar-refractivity contribution < 1.29 is 9.59 Å². The molecule has 0 fully saturated rings. The first kappa shape index (κ1) is 24.2. The van der Waals surface area contributed by atoms with E-state index >= 15 is 0 Å². The maximum Gasteiger partial charge on any atom is 0.252 e. The summed E-state index contributed by atoms with van der Waals surface area (Å²) in [7, 11) is 0. The average molecular weight is 469 g/mol. The number of carbonyl (C=O) groups excluding carboxylic acids is 2. The number of nitrogens with one attached hydrogen (secondary N) is 1. The van der Waals surface area contributed by atoms with Crippen molar-refractivity contribution >= 4 is 22.8 Å². The molecule has 6 nitrogen and oxygen atoms in total. The minimum absolute atomic E-state index is 0.00527. The normalized spacial score (nSPS) is 12.0. The second-order valence-corrected chi connectivity index (χ2v) is 9.16. The van der Waals surface area contributed by atoms with E-state index in [1.54, 1.807) is 0 Å². The Bertz CT molecular complexity index is 1330. The van der Waals surface area contributed by atoms with Gasteiger partial charge in [0.1, 0.15) is 12.4 Å². The number of para-hydroxylation sites is 2. The Hall–Kier alpha value is -3.93. The number of hydrogen-bond donors (Lipinski definition) is 1. The van der Waals surface area contributed by atoms with Gasteiger partial charge in [-0.1, -0.05) is 60.7 Å². The third kappa shape index (κ3) is 5.43. The van der Waals surface area contributed by atoms with Gasteiger partial charge < -0.3 is 14.8 Å². The predicted molar refractivity (Wildman–Crippen MR) is 139 cm³/mol. The SMILES string of the molecule is Cc1ccccc1C(=O)NC(C)c1nc2ccccc2n1CC(=O)N(Cc1ccccc1)C(C)C. The summed E-state index contributed by atoms with van der Waals surface area (Å²) in [6.07, 6.45) is 0. The maximum absolute atomic E-state index is 13.6. The van der Waals surface area contributed by atoms with Crippen LogP contribution in [0, 0.1) is 6.92 Å². The average Bonchev–Trinajstić information content (AvgIpc) is 3.21. The van der Waals surface area contributed by atoms with E-state index in [4.69, 9.17) is 4.98 Å². The highest BCUT2D eigenvalue weighted by Gasteiger charge is 2.24. The zero-order valence-electron chi connectivity index (χ0n) is 20.7. The molecule has 1 unspecified atom stereocenters. The lowest BCUT2D eigenvalue weighted by Crippen LogP contribution is -2.39. The van der Waals surface area contributed by atoms with E-state index in [1.165, 1.54) is 0 Å². The molecular formula is C29H32N4O2. The van der Waals surface area contributed by atoms with Gasteiger partial charge >= 0.3 is 0 Å². The Balaban J connectivity index is 1.62. The highest BCUT2D eigenvalue weighted by atomic mass is 16.2. The number of imidazole rings is 1. The number of amides is 2. The number of benzene rings is 3. The molecule has 2 amide bonds. The monoisotopic (exact) mass is 468 g/mol. The summed E-state index contributed by atoms with van der Waals surface area (Å²) < 4.78 is 1.93. The van der Waals surface area contributed by atoms with Crippen molar-refractivity contribution in [3.8, 4) is 0 Å². The number of aromatic nitrogens is 2. The summed E-state index contributed by atoms with van der Waals surface area (Å²) >= 11 is 0. The van der Waals surface area contributed by atoms with Crippen LogP contribution in [0.1, 0.15) is 54.1 Å². The number of carbonyl (C=O) groups is 2. The third-order valence-corrected chi connectivity index (χ3v) is 6.24. The van der Waals surface area contributed by atoms with Crippen LogP contribution >= 0.6 is 0 Å². The summed E-state index contributed by atoms with van der Waals surface area (Å²) in [5.74, 6) is 0.504. The smallest absolute Gasteiger partial charge is 0.252 e. The zero-order chi connectivity index (χ0) is 24.9. The van der Waals surface area contributed by atoms with Gasteiger partial charge in [0, 0.05) is 18.2 Å². The van der Waals surface area contributed by atoms with Crippen molar-refractivity contribution in [3.05, 3.63) is 101 Å². The lowest BCUT2D eigenvalue weighted by molar-refractivity contribution is -0.134. The Kier molecular flexibility index (Phi) is 7.30. The van der Waals surface area contributed by atoms with Crippen LogP contribution in [0.3, 0.4) is 0 Å². The second kappa shape index (κ2) is 10.6. The van der Waals surface area contributed by atoms with Crippen molar-refractivity contribution in [2.45, 2.75) is 52.9 Å². The number of hydrogen-bond acceptors (Lipinski definition) is 3. The molecule has 1 atom stereocenters. The fourth-order valence-electron chi connectivity index (χ4n) is 4.32. The minimum Gasteiger partial charge on any atom is -0.342 e. The lowest BCUT2D eigenvalue weighted by Gasteiger charge is -2.28. The van der Waals surface area contributed by atoms with E-state index in [2.05, 4.69) is 5.32 Å².